The van der Waals surface area contributed by atoms with Gasteiger partial charge in [0.1, 0.15) is 5.76 Å². The van der Waals surface area contributed by atoms with Gasteiger partial charge in [0.15, 0.2) is 10.8 Å². The Balaban J connectivity index is 1.61. The predicted molar refractivity (Wildman–Crippen MR) is 115 cm³/mol. The zero-order chi connectivity index (χ0) is 21.3. The van der Waals surface area contributed by atoms with Crippen molar-refractivity contribution in [3.8, 4) is 10.4 Å². The van der Waals surface area contributed by atoms with Gasteiger partial charge < -0.3 is 19.5 Å². The van der Waals surface area contributed by atoms with Crippen LogP contribution in [0, 0.1) is 13.8 Å². The number of carbonyl (C=O) groups is 1. The molecule has 3 aromatic heterocycles. The molecule has 0 aromatic carbocycles. The number of rotatable bonds is 5. The van der Waals surface area contributed by atoms with Crippen LogP contribution in [-0.4, -0.2) is 46.3 Å². The van der Waals surface area contributed by atoms with E-state index >= 15 is 0 Å². The number of nitrogens with one attached hydrogen (secondary N) is 1. The SMILES string of the molecule is Cc1cc(-c2sc(N3C[C@@H](C)O[C@@H](C)C3)nc2CNC(=O)c2cc(C)on2)ccn1. The first-order chi connectivity index (χ1) is 14.4. The minimum absolute atomic E-state index is 0.142. The summed E-state index contributed by atoms with van der Waals surface area (Å²) >= 11 is 1.63. The van der Waals surface area contributed by atoms with Gasteiger partial charge in [0.25, 0.3) is 5.91 Å². The smallest absolute Gasteiger partial charge is 0.273 e. The molecule has 30 heavy (non-hydrogen) atoms. The van der Waals surface area contributed by atoms with Gasteiger partial charge in [0.05, 0.1) is 29.3 Å². The van der Waals surface area contributed by atoms with Crippen molar-refractivity contribution in [2.75, 3.05) is 18.0 Å². The molecule has 1 aliphatic rings. The Morgan fingerprint density at radius 2 is 2.03 bits per heavy atom. The van der Waals surface area contributed by atoms with Crippen LogP contribution in [0.25, 0.3) is 10.4 Å². The maximum absolute atomic E-state index is 12.4. The fourth-order valence-electron chi connectivity index (χ4n) is 3.57. The summed E-state index contributed by atoms with van der Waals surface area (Å²) in [5.74, 6) is 0.312. The molecular formula is C21H25N5O3S. The van der Waals surface area contributed by atoms with Crippen molar-refractivity contribution in [3.63, 3.8) is 0 Å². The van der Waals surface area contributed by atoms with Crippen LogP contribution in [0.5, 0.6) is 0 Å². The molecule has 4 rings (SSSR count). The van der Waals surface area contributed by atoms with Crippen LogP contribution in [0.15, 0.2) is 28.9 Å². The zero-order valence-electron chi connectivity index (χ0n) is 17.5. The molecule has 1 N–H and O–H groups in total. The van der Waals surface area contributed by atoms with Crippen LogP contribution in [0.3, 0.4) is 0 Å². The zero-order valence-corrected chi connectivity index (χ0v) is 18.3. The molecule has 4 heterocycles. The summed E-state index contributed by atoms with van der Waals surface area (Å²) in [5.41, 5.74) is 3.06. The van der Waals surface area contributed by atoms with Crippen molar-refractivity contribution in [3.05, 3.63) is 47.2 Å². The Kier molecular flexibility index (Phi) is 5.83. The lowest BCUT2D eigenvalue weighted by Gasteiger charge is -2.35. The second kappa shape index (κ2) is 8.53. The molecule has 2 atom stereocenters. The van der Waals surface area contributed by atoms with Gasteiger partial charge in [0.2, 0.25) is 0 Å². The fourth-order valence-corrected chi connectivity index (χ4v) is 4.67. The number of nitrogens with zero attached hydrogens (tertiary/aromatic N) is 4. The van der Waals surface area contributed by atoms with E-state index in [-0.39, 0.29) is 23.8 Å². The number of thiazole rings is 1. The molecule has 8 nitrogen and oxygen atoms in total. The predicted octanol–water partition coefficient (Wildman–Crippen LogP) is 3.35. The van der Waals surface area contributed by atoms with Crippen molar-refractivity contribution in [2.45, 2.75) is 46.4 Å². The molecule has 0 saturated carbocycles. The summed E-state index contributed by atoms with van der Waals surface area (Å²) in [7, 11) is 0. The van der Waals surface area contributed by atoms with E-state index < -0.39 is 0 Å². The van der Waals surface area contributed by atoms with Crippen LogP contribution in [-0.2, 0) is 11.3 Å². The highest BCUT2D eigenvalue weighted by molar-refractivity contribution is 7.19. The van der Waals surface area contributed by atoms with E-state index in [9.17, 15) is 4.79 Å². The lowest BCUT2D eigenvalue weighted by Crippen LogP contribution is -2.45. The topological polar surface area (TPSA) is 93.4 Å². The van der Waals surface area contributed by atoms with E-state index in [2.05, 4.69) is 34.2 Å². The van der Waals surface area contributed by atoms with Gasteiger partial charge in [-0.25, -0.2) is 4.98 Å². The van der Waals surface area contributed by atoms with Crippen LogP contribution in [0.1, 0.15) is 41.5 Å². The third-order valence-electron chi connectivity index (χ3n) is 4.81. The quantitative estimate of drug-likeness (QED) is 0.667. The van der Waals surface area contributed by atoms with Crippen LogP contribution in [0.4, 0.5) is 5.13 Å². The number of ether oxygens (including phenoxy) is 1. The normalized spacial score (nSPS) is 19.1. The largest absolute Gasteiger partial charge is 0.372 e. The second-order valence-electron chi connectivity index (χ2n) is 7.63. The number of morpholine rings is 1. The van der Waals surface area contributed by atoms with Gasteiger partial charge in [-0.05, 0) is 45.4 Å². The molecule has 0 unspecified atom stereocenters. The molecule has 9 heteroatoms. The maximum atomic E-state index is 12.4. The van der Waals surface area contributed by atoms with E-state index in [1.807, 2.05) is 19.1 Å². The third-order valence-corrected chi connectivity index (χ3v) is 6.02. The van der Waals surface area contributed by atoms with E-state index in [0.29, 0.717) is 12.3 Å². The van der Waals surface area contributed by atoms with Gasteiger partial charge in [-0.15, -0.1) is 0 Å². The summed E-state index contributed by atoms with van der Waals surface area (Å²) in [6.07, 6.45) is 2.08. The summed E-state index contributed by atoms with van der Waals surface area (Å²) in [5, 5.41) is 7.62. The first kappa shape index (κ1) is 20.5. The number of hydrogen-bond acceptors (Lipinski definition) is 8. The standard InChI is InChI=1S/C21H25N5O3S/c1-12-7-16(5-6-22-12)19-18(9-23-20(27)17-8-13(2)29-25-17)24-21(30-19)26-10-14(3)28-15(4)11-26/h5-8,14-15H,9-11H2,1-4H3,(H,23,27)/t14-,15+. The number of aromatic nitrogens is 3. The third kappa shape index (κ3) is 4.52. The first-order valence-corrected chi connectivity index (χ1v) is 10.8. The molecule has 3 aromatic rings. The molecule has 158 valence electrons. The first-order valence-electron chi connectivity index (χ1n) is 9.93. The van der Waals surface area contributed by atoms with Gasteiger partial charge in [-0.1, -0.05) is 16.5 Å². The summed E-state index contributed by atoms with van der Waals surface area (Å²) in [4.78, 5) is 24.9. The van der Waals surface area contributed by atoms with E-state index in [1.54, 1.807) is 30.5 Å². The van der Waals surface area contributed by atoms with Crippen molar-refractivity contribution in [1.82, 2.24) is 20.4 Å². The van der Waals surface area contributed by atoms with Crippen molar-refractivity contribution >= 4 is 22.4 Å². The second-order valence-corrected chi connectivity index (χ2v) is 8.60. The van der Waals surface area contributed by atoms with Gasteiger partial charge in [-0.2, -0.15) is 0 Å². The van der Waals surface area contributed by atoms with Crippen molar-refractivity contribution in [1.29, 1.82) is 0 Å². The monoisotopic (exact) mass is 427 g/mol. The molecule has 1 aliphatic heterocycles. The van der Waals surface area contributed by atoms with Crippen LogP contribution >= 0.6 is 11.3 Å². The number of carbonyl (C=O) groups excluding carboxylic acids is 1. The lowest BCUT2D eigenvalue weighted by atomic mass is 10.1. The van der Waals surface area contributed by atoms with Gasteiger partial charge >= 0.3 is 0 Å². The lowest BCUT2D eigenvalue weighted by molar-refractivity contribution is -0.00523. The fraction of sp³-hybridized carbons (Fsp3) is 0.429. The van der Waals surface area contributed by atoms with Crippen LogP contribution in [0.2, 0.25) is 0 Å². The summed E-state index contributed by atoms with van der Waals surface area (Å²) in [6.45, 7) is 9.74. The number of pyridine rings is 1. The number of anilines is 1. The molecule has 1 saturated heterocycles. The minimum atomic E-state index is -0.285. The Morgan fingerprint density at radius 1 is 1.27 bits per heavy atom. The molecule has 0 aliphatic carbocycles. The molecule has 0 radical (unpaired) electrons. The maximum Gasteiger partial charge on any atom is 0.273 e. The Hall–Kier alpha value is -2.78. The molecule has 1 amide bonds. The molecule has 0 bridgehead atoms. The highest BCUT2D eigenvalue weighted by atomic mass is 32.1. The Morgan fingerprint density at radius 3 is 2.70 bits per heavy atom. The summed E-state index contributed by atoms with van der Waals surface area (Å²) in [6, 6.07) is 5.63. The van der Waals surface area contributed by atoms with E-state index in [0.717, 1.165) is 40.0 Å². The molecule has 0 spiro atoms. The van der Waals surface area contributed by atoms with E-state index in [4.69, 9.17) is 14.2 Å². The van der Waals surface area contributed by atoms with Gasteiger partial charge in [0, 0.05) is 31.0 Å². The van der Waals surface area contributed by atoms with Crippen molar-refractivity contribution < 1.29 is 14.1 Å². The van der Waals surface area contributed by atoms with Crippen LogP contribution < -0.4 is 10.2 Å². The summed E-state index contributed by atoms with van der Waals surface area (Å²) < 4.78 is 10.9. The number of aryl methyl sites for hydroxylation is 2. The van der Waals surface area contributed by atoms with Crippen molar-refractivity contribution in [2.24, 2.45) is 0 Å². The highest BCUT2D eigenvalue weighted by Gasteiger charge is 2.26. The Bertz CT molecular complexity index is 1040. The highest BCUT2D eigenvalue weighted by Crippen LogP contribution is 2.36. The average molecular weight is 428 g/mol. The Labute approximate surface area is 179 Å². The molecule has 1 fully saturated rings. The number of hydrogen-bond donors (Lipinski definition) is 1. The average Bonchev–Trinajstić information content (AvgIpc) is 3.32. The number of amides is 1. The molecular weight excluding hydrogens is 402 g/mol. The minimum Gasteiger partial charge on any atom is -0.372 e. The van der Waals surface area contributed by atoms with E-state index in [1.165, 1.54) is 0 Å². The van der Waals surface area contributed by atoms with Gasteiger partial charge in [-0.3, -0.25) is 9.78 Å².